The zero-order valence-electron chi connectivity index (χ0n) is 17.7. The highest BCUT2D eigenvalue weighted by atomic mass is 32.9. The number of hydrogen-bond acceptors (Lipinski definition) is 10. The summed E-state index contributed by atoms with van der Waals surface area (Å²) in [5.41, 5.74) is 1.44. The molecule has 0 aliphatic rings. The molecule has 1 heterocycles. The molecular weight excluding hydrogens is 486 g/mol. The highest BCUT2D eigenvalue weighted by Crippen LogP contribution is 2.36. The predicted octanol–water partition coefficient (Wildman–Crippen LogP) is 3.91. The van der Waals surface area contributed by atoms with Gasteiger partial charge in [-0.3, -0.25) is 4.79 Å². The van der Waals surface area contributed by atoms with Crippen LogP contribution in [0.3, 0.4) is 0 Å². The molecular formula is C22H21NO7S3. The molecule has 0 aliphatic heterocycles. The van der Waals surface area contributed by atoms with Gasteiger partial charge in [0.2, 0.25) is 0 Å². The monoisotopic (exact) mass is 507 g/mol. The van der Waals surface area contributed by atoms with Gasteiger partial charge in [-0.25, -0.2) is 4.79 Å². The van der Waals surface area contributed by atoms with E-state index in [1.165, 1.54) is 42.8 Å². The molecule has 0 bridgehead atoms. The first-order valence-electron chi connectivity index (χ1n) is 9.60. The van der Waals surface area contributed by atoms with Gasteiger partial charge in [-0.2, -0.15) is 0 Å². The zero-order valence-corrected chi connectivity index (χ0v) is 20.1. The van der Waals surface area contributed by atoms with E-state index in [0.717, 1.165) is 14.3 Å². The van der Waals surface area contributed by atoms with Crippen molar-refractivity contribution in [3.05, 3.63) is 51.9 Å². The fourth-order valence-corrected chi connectivity index (χ4v) is 5.35. The average Bonchev–Trinajstić information content (AvgIpc) is 3.25. The third-order valence-electron chi connectivity index (χ3n) is 4.57. The van der Waals surface area contributed by atoms with Gasteiger partial charge in [-0.15, -0.1) is 0 Å². The second kappa shape index (κ2) is 11.1. The fraction of sp³-hybridized carbons (Fsp3) is 0.227. The Balaban J connectivity index is 1.66. The van der Waals surface area contributed by atoms with Crippen LogP contribution in [0.2, 0.25) is 0 Å². The van der Waals surface area contributed by atoms with Crippen LogP contribution >= 0.6 is 32.9 Å². The van der Waals surface area contributed by atoms with E-state index in [9.17, 15) is 19.8 Å². The Morgan fingerprint density at radius 3 is 2.45 bits per heavy atom. The van der Waals surface area contributed by atoms with Crippen LogP contribution in [-0.4, -0.2) is 49.0 Å². The zero-order chi connectivity index (χ0) is 24.0. The lowest BCUT2D eigenvalue weighted by Crippen LogP contribution is -2.44. The molecule has 0 aliphatic carbocycles. The van der Waals surface area contributed by atoms with Crippen molar-refractivity contribution < 1.29 is 34.0 Å². The van der Waals surface area contributed by atoms with Crippen molar-refractivity contribution in [2.24, 2.45) is 0 Å². The number of aromatic hydroxyl groups is 2. The van der Waals surface area contributed by atoms with Crippen LogP contribution in [0.25, 0.3) is 10.4 Å². The maximum atomic E-state index is 12.5. The SMILES string of the molecule is COC(=O)C(Cc1ccc(O)c(O)c1)NC(=O)COc1ccc(-c2cc(=S)ss2)cc1OC. The summed E-state index contributed by atoms with van der Waals surface area (Å²) in [4.78, 5) is 25.6. The Labute approximate surface area is 202 Å². The molecule has 1 unspecified atom stereocenters. The van der Waals surface area contributed by atoms with Gasteiger partial charge in [-0.1, -0.05) is 39.0 Å². The Kier molecular flexibility index (Phi) is 8.26. The van der Waals surface area contributed by atoms with Crippen molar-refractivity contribution in [1.82, 2.24) is 5.32 Å². The normalized spacial score (nSPS) is 11.5. The maximum Gasteiger partial charge on any atom is 0.328 e. The predicted molar refractivity (Wildman–Crippen MR) is 128 cm³/mol. The van der Waals surface area contributed by atoms with Crippen molar-refractivity contribution in [3.8, 4) is 33.4 Å². The summed E-state index contributed by atoms with van der Waals surface area (Å²) in [6.07, 6.45) is 0.0525. The molecule has 1 amide bonds. The van der Waals surface area contributed by atoms with Crippen LogP contribution in [0, 0.1) is 3.82 Å². The molecule has 2 aromatic carbocycles. The van der Waals surface area contributed by atoms with Gasteiger partial charge in [0.05, 0.1) is 14.2 Å². The van der Waals surface area contributed by atoms with E-state index in [1.807, 2.05) is 12.1 Å². The Bertz CT molecular complexity index is 1200. The average molecular weight is 508 g/mol. The lowest BCUT2D eigenvalue weighted by molar-refractivity contribution is -0.145. The molecule has 33 heavy (non-hydrogen) atoms. The quantitative estimate of drug-likeness (QED) is 0.173. The van der Waals surface area contributed by atoms with Gasteiger partial charge >= 0.3 is 5.97 Å². The maximum absolute atomic E-state index is 12.5. The Hall–Kier alpha value is -3.15. The molecule has 0 radical (unpaired) electrons. The first kappa shape index (κ1) is 24.5. The Morgan fingerprint density at radius 1 is 1.03 bits per heavy atom. The molecule has 1 aromatic heterocycles. The van der Waals surface area contributed by atoms with Crippen LogP contribution in [0.15, 0.2) is 42.5 Å². The summed E-state index contributed by atoms with van der Waals surface area (Å²) in [5.74, 6) is -0.989. The minimum absolute atomic E-state index is 0.0525. The molecule has 3 rings (SSSR count). The lowest BCUT2D eigenvalue weighted by Gasteiger charge is -2.17. The van der Waals surface area contributed by atoms with Gasteiger partial charge in [0.1, 0.15) is 9.87 Å². The number of benzene rings is 2. The van der Waals surface area contributed by atoms with Crippen LogP contribution in [0.4, 0.5) is 0 Å². The van der Waals surface area contributed by atoms with Crippen LogP contribution in [0.5, 0.6) is 23.0 Å². The smallest absolute Gasteiger partial charge is 0.328 e. The summed E-state index contributed by atoms with van der Waals surface area (Å²) in [6.45, 7) is -0.360. The molecule has 0 spiro atoms. The number of ether oxygens (including phenoxy) is 3. The molecule has 0 saturated heterocycles. The van der Waals surface area contributed by atoms with Crippen LogP contribution in [-0.2, 0) is 20.7 Å². The largest absolute Gasteiger partial charge is 0.504 e. The van der Waals surface area contributed by atoms with Gasteiger partial charge in [0.15, 0.2) is 29.6 Å². The molecule has 3 N–H and O–H groups in total. The molecule has 3 aromatic rings. The molecule has 1 atom stereocenters. The lowest BCUT2D eigenvalue weighted by atomic mass is 10.1. The molecule has 0 saturated carbocycles. The third kappa shape index (κ3) is 6.44. The third-order valence-corrected chi connectivity index (χ3v) is 7.48. The number of carbonyl (C=O) groups is 2. The molecule has 174 valence electrons. The van der Waals surface area contributed by atoms with Crippen molar-refractivity contribution in [1.29, 1.82) is 0 Å². The fourth-order valence-electron chi connectivity index (χ4n) is 2.96. The number of phenolic OH excluding ortho intramolecular Hbond substituents is 2. The summed E-state index contributed by atoms with van der Waals surface area (Å²) in [7, 11) is 5.79. The highest BCUT2D eigenvalue weighted by molar-refractivity contribution is 7.80. The standard InChI is InChI=1S/C22H21NO7S3/c1-28-18-9-13(19-10-21(31)33-32-19)4-6-17(18)30-11-20(26)23-14(22(27)29-2)7-12-3-5-15(24)16(25)8-12/h3-6,8-10,14,24-25H,7,11H2,1-2H3,(H,23,26). The number of carbonyl (C=O) groups excluding carboxylic acids is 2. The molecule has 11 heteroatoms. The van der Waals surface area contributed by atoms with Crippen molar-refractivity contribution in [2.75, 3.05) is 20.8 Å². The number of esters is 1. The highest BCUT2D eigenvalue weighted by Gasteiger charge is 2.23. The van der Waals surface area contributed by atoms with E-state index in [2.05, 4.69) is 5.32 Å². The topological polar surface area (TPSA) is 114 Å². The van der Waals surface area contributed by atoms with Gasteiger partial charge in [0.25, 0.3) is 5.91 Å². The number of methoxy groups -OCH3 is 2. The number of hydrogen-bond donors (Lipinski definition) is 3. The van der Waals surface area contributed by atoms with Gasteiger partial charge in [0, 0.05) is 11.3 Å². The minimum atomic E-state index is -1.01. The van der Waals surface area contributed by atoms with E-state index < -0.39 is 17.9 Å². The molecule has 8 nitrogen and oxygen atoms in total. The van der Waals surface area contributed by atoms with Gasteiger partial charge < -0.3 is 29.7 Å². The summed E-state index contributed by atoms with van der Waals surface area (Å²) in [5, 5.41) is 21.7. The van der Waals surface area contributed by atoms with E-state index in [1.54, 1.807) is 22.5 Å². The van der Waals surface area contributed by atoms with E-state index in [4.69, 9.17) is 26.4 Å². The van der Waals surface area contributed by atoms with E-state index in [-0.39, 0.29) is 24.5 Å². The van der Waals surface area contributed by atoms with Gasteiger partial charge in [-0.05, 0) is 47.5 Å². The second-order valence-corrected chi connectivity index (χ2v) is 9.73. The summed E-state index contributed by atoms with van der Waals surface area (Å²) in [6, 6.07) is 10.4. The van der Waals surface area contributed by atoms with Crippen LogP contribution < -0.4 is 14.8 Å². The minimum Gasteiger partial charge on any atom is -0.504 e. The molecule has 0 fully saturated rings. The van der Waals surface area contributed by atoms with Crippen LogP contribution in [0.1, 0.15) is 5.56 Å². The summed E-state index contributed by atoms with van der Waals surface area (Å²) >= 11 is 5.18. The second-order valence-electron chi connectivity index (χ2n) is 6.82. The van der Waals surface area contributed by atoms with Crippen molar-refractivity contribution >= 4 is 44.8 Å². The number of rotatable bonds is 9. The number of amides is 1. The van der Waals surface area contributed by atoms with E-state index in [0.29, 0.717) is 17.1 Å². The van der Waals surface area contributed by atoms with Crippen molar-refractivity contribution in [3.63, 3.8) is 0 Å². The van der Waals surface area contributed by atoms with E-state index >= 15 is 0 Å². The summed E-state index contributed by atoms with van der Waals surface area (Å²) < 4.78 is 16.6. The Morgan fingerprint density at radius 2 is 1.82 bits per heavy atom. The number of phenols is 2. The first-order valence-corrected chi connectivity index (χ1v) is 12.2. The van der Waals surface area contributed by atoms with Crippen molar-refractivity contribution in [2.45, 2.75) is 12.5 Å². The number of nitrogens with one attached hydrogen (secondary N) is 1. The first-order chi connectivity index (χ1) is 15.8.